The minimum Gasteiger partial charge on any atom is -0.308 e. The predicted octanol–water partition coefficient (Wildman–Crippen LogP) is 0.667. The minimum atomic E-state index is -0.143. The Hall–Kier alpha value is -2.28. The zero-order valence-electron chi connectivity index (χ0n) is 11.6. The molecule has 7 heteroatoms. The summed E-state index contributed by atoms with van der Waals surface area (Å²) in [4.78, 5) is 19.6. The van der Waals surface area contributed by atoms with Crippen LogP contribution in [0.4, 0.5) is 5.82 Å². The van der Waals surface area contributed by atoms with Gasteiger partial charge in [-0.3, -0.25) is 14.9 Å². The fourth-order valence-electron chi connectivity index (χ4n) is 1.78. The number of anilines is 1. The number of aromatic amines is 1. The molecule has 1 atom stereocenters. The van der Waals surface area contributed by atoms with Crippen LogP contribution < -0.4 is 10.6 Å². The van der Waals surface area contributed by atoms with Crippen molar-refractivity contribution in [2.75, 3.05) is 11.9 Å². The van der Waals surface area contributed by atoms with Crippen LogP contribution in [-0.4, -0.2) is 38.7 Å². The molecular formula is C13H18N6O. The Morgan fingerprint density at radius 3 is 2.95 bits per heavy atom. The molecule has 0 aromatic carbocycles. The van der Waals surface area contributed by atoms with Gasteiger partial charge in [0.25, 0.3) is 0 Å². The van der Waals surface area contributed by atoms with Gasteiger partial charge in [-0.15, -0.1) is 0 Å². The lowest BCUT2D eigenvalue weighted by Gasteiger charge is -2.12. The summed E-state index contributed by atoms with van der Waals surface area (Å²) in [6, 6.07) is 2.16. The molecule has 0 aliphatic rings. The van der Waals surface area contributed by atoms with E-state index >= 15 is 0 Å². The highest BCUT2D eigenvalue weighted by Gasteiger charge is 2.08. The second-order valence-electron chi connectivity index (χ2n) is 4.67. The molecule has 0 radical (unpaired) electrons. The number of amides is 1. The maximum Gasteiger partial charge on any atom is 0.239 e. The van der Waals surface area contributed by atoms with Crippen molar-refractivity contribution < 1.29 is 4.79 Å². The van der Waals surface area contributed by atoms with Gasteiger partial charge < -0.3 is 10.6 Å². The SMILES string of the molecule is Cc1cc(CC(C)NCC(=O)Nc2cnccn2)n[nH]1. The summed E-state index contributed by atoms with van der Waals surface area (Å²) in [5.41, 5.74) is 2.02. The third-order valence-corrected chi connectivity index (χ3v) is 2.72. The van der Waals surface area contributed by atoms with Crippen LogP contribution >= 0.6 is 0 Å². The number of rotatable bonds is 6. The summed E-state index contributed by atoms with van der Waals surface area (Å²) in [5, 5.41) is 12.9. The van der Waals surface area contributed by atoms with Crippen LogP contribution in [0.5, 0.6) is 0 Å². The lowest BCUT2D eigenvalue weighted by atomic mass is 10.2. The van der Waals surface area contributed by atoms with Crippen LogP contribution in [0, 0.1) is 6.92 Å². The van der Waals surface area contributed by atoms with E-state index in [9.17, 15) is 4.79 Å². The molecule has 0 saturated heterocycles. The Balaban J connectivity index is 1.73. The quantitative estimate of drug-likeness (QED) is 0.719. The summed E-state index contributed by atoms with van der Waals surface area (Å²) in [7, 11) is 0. The van der Waals surface area contributed by atoms with Crippen LogP contribution in [-0.2, 0) is 11.2 Å². The molecule has 0 bridgehead atoms. The Morgan fingerprint density at radius 1 is 1.45 bits per heavy atom. The van der Waals surface area contributed by atoms with Crippen molar-refractivity contribution in [1.82, 2.24) is 25.5 Å². The Labute approximate surface area is 117 Å². The number of carbonyl (C=O) groups excluding carboxylic acids is 1. The van der Waals surface area contributed by atoms with Crippen molar-refractivity contribution in [1.29, 1.82) is 0 Å². The molecule has 1 unspecified atom stereocenters. The number of carbonyl (C=O) groups is 1. The minimum absolute atomic E-state index is 0.143. The molecule has 2 aromatic rings. The maximum absolute atomic E-state index is 11.7. The highest BCUT2D eigenvalue weighted by Crippen LogP contribution is 2.02. The molecule has 3 N–H and O–H groups in total. The third-order valence-electron chi connectivity index (χ3n) is 2.72. The summed E-state index contributed by atoms with van der Waals surface area (Å²) in [5.74, 6) is 0.311. The van der Waals surface area contributed by atoms with Crippen molar-refractivity contribution in [3.8, 4) is 0 Å². The first kappa shape index (κ1) is 14.1. The Kier molecular flexibility index (Phi) is 4.78. The number of hydrogen-bond acceptors (Lipinski definition) is 5. The number of aryl methyl sites for hydroxylation is 1. The first-order valence-corrected chi connectivity index (χ1v) is 6.43. The van der Waals surface area contributed by atoms with Crippen molar-refractivity contribution in [3.63, 3.8) is 0 Å². The number of hydrogen-bond donors (Lipinski definition) is 3. The van der Waals surface area contributed by atoms with Gasteiger partial charge in [0.05, 0.1) is 18.4 Å². The van der Waals surface area contributed by atoms with Gasteiger partial charge in [0.2, 0.25) is 5.91 Å². The Morgan fingerprint density at radius 2 is 2.30 bits per heavy atom. The standard InChI is InChI=1S/C13H18N6O/c1-9(5-11-6-10(2)18-19-11)16-8-13(20)17-12-7-14-3-4-15-12/h3-4,6-7,9,16H,5,8H2,1-2H3,(H,18,19)(H,15,17,20). The number of nitrogens with zero attached hydrogens (tertiary/aromatic N) is 3. The largest absolute Gasteiger partial charge is 0.308 e. The molecule has 0 aliphatic heterocycles. The summed E-state index contributed by atoms with van der Waals surface area (Å²) < 4.78 is 0. The van der Waals surface area contributed by atoms with E-state index in [2.05, 4.69) is 30.8 Å². The predicted molar refractivity (Wildman–Crippen MR) is 75.2 cm³/mol. The molecular weight excluding hydrogens is 256 g/mol. The summed E-state index contributed by atoms with van der Waals surface area (Å²) in [6.45, 7) is 4.20. The molecule has 106 valence electrons. The van der Waals surface area contributed by atoms with Crippen LogP contribution in [0.25, 0.3) is 0 Å². The first-order chi connectivity index (χ1) is 9.63. The van der Waals surface area contributed by atoms with Gasteiger partial charge >= 0.3 is 0 Å². The molecule has 2 aromatic heterocycles. The molecule has 0 saturated carbocycles. The highest BCUT2D eigenvalue weighted by molar-refractivity contribution is 5.91. The molecule has 1 amide bonds. The van der Waals surface area contributed by atoms with Crippen molar-refractivity contribution in [2.24, 2.45) is 0 Å². The van der Waals surface area contributed by atoms with Gasteiger partial charge in [0.1, 0.15) is 0 Å². The van der Waals surface area contributed by atoms with E-state index in [1.54, 1.807) is 6.20 Å². The van der Waals surface area contributed by atoms with Crippen molar-refractivity contribution in [2.45, 2.75) is 26.3 Å². The average molecular weight is 274 g/mol. The Bertz CT molecular complexity index is 553. The lowest BCUT2D eigenvalue weighted by Crippen LogP contribution is -2.35. The molecule has 2 heterocycles. The van der Waals surface area contributed by atoms with Gasteiger partial charge in [0, 0.05) is 30.6 Å². The zero-order valence-corrected chi connectivity index (χ0v) is 11.6. The molecule has 0 aliphatic carbocycles. The van der Waals surface area contributed by atoms with Crippen molar-refractivity contribution in [3.05, 3.63) is 36.0 Å². The van der Waals surface area contributed by atoms with E-state index in [1.807, 2.05) is 19.9 Å². The van der Waals surface area contributed by atoms with Gasteiger partial charge in [-0.2, -0.15) is 5.10 Å². The first-order valence-electron chi connectivity index (χ1n) is 6.43. The molecule has 0 fully saturated rings. The monoisotopic (exact) mass is 274 g/mol. The van der Waals surface area contributed by atoms with E-state index < -0.39 is 0 Å². The molecule has 0 spiro atoms. The van der Waals surface area contributed by atoms with Crippen LogP contribution in [0.1, 0.15) is 18.3 Å². The number of H-pyrrole nitrogens is 1. The van der Waals surface area contributed by atoms with Gasteiger partial charge in [-0.05, 0) is 19.9 Å². The fourth-order valence-corrected chi connectivity index (χ4v) is 1.78. The maximum atomic E-state index is 11.7. The fraction of sp³-hybridized carbons (Fsp3) is 0.385. The van der Waals surface area contributed by atoms with Gasteiger partial charge in [-0.1, -0.05) is 0 Å². The molecule has 2 rings (SSSR count). The van der Waals surface area contributed by atoms with Crippen LogP contribution in [0.15, 0.2) is 24.7 Å². The van der Waals surface area contributed by atoms with Gasteiger partial charge in [-0.25, -0.2) is 4.98 Å². The second-order valence-corrected chi connectivity index (χ2v) is 4.67. The van der Waals surface area contributed by atoms with E-state index in [0.29, 0.717) is 5.82 Å². The topological polar surface area (TPSA) is 95.6 Å². The molecule has 20 heavy (non-hydrogen) atoms. The van der Waals surface area contributed by atoms with Crippen LogP contribution in [0.2, 0.25) is 0 Å². The van der Waals surface area contributed by atoms with E-state index in [1.165, 1.54) is 12.4 Å². The van der Waals surface area contributed by atoms with Crippen LogP contribution in [0.3, 0.4) is 0 Å². The number of aromatic nitrogens is 4. The number of nitrogens with one attached hydrogen (secondary N) is 3. The highest BCUT2D eigenvalue weighted by atomic mass is 16.2. The van der Waals surface area contributed by atoms with Crippen molar-refractivity contribution >= 4 is 11.7 Å². The van der Waals surface area contributed by atoms with E-state index in [4.69, 9.17) is 0 Å². The summed E-state index contributed by atoms with van der Waals surface area (Å²) >= 11 is 0. The van der Waals surface area contributed by atoms with E-state index in [-0.39, 0.29) is 18.5 Å². The lowest BCUT2D eigenvalue weighted by molar-refractivity contribution is -0.115. The zero-order chi connectivity index (χ0) is 14.4. The summed E-state index contributed by atoms with van der Waals surface area (Å²) in [6.07, 6.45) is 5.37. The average Bonchev–Trinajstić information content (AvgIpc) is 2.83. The normalized spacial score (nSPS) is 12.1. The molecule has 7 nitrogen and oxygen atoms in total. The second kappa shape index (κ2) is 6.76. The third kappa shape index (κ3) is 4.43. The van der Waals surface area contributed by atoms with Gasteiger partial charge in [0.15, 0.2) is 5.82 Å². The smallest absolute Gasteiger partial charge is 0.239 e. The van der Waals surface area contributed by atoms with E-state index in [0.717, 1.165) is 17.8 Å².